The van der Waals surface area contributed by atoms with Crippen LogP contribution >= 0.6 is 0 Å². The zero-order valence-corrected chi connectivity index (χ0v) is 7.93. The highest BCUT2D eigenvalue weighted by Crippen LogP contribution is 2.56. The van der Waals surface area contributed by atoms with Gasteiger partial charge in [0.2, 0.25) is 5.91 Å². The van der Waals surface area contributed by atoms with Crippen molar-refractivity contribution < 1.29 is 9.59 Å². The van der Waals surface area contributed by atoms with Crippen molar-refractivity contribution in [2.75, 3.05) is 6.54 Å². The standard InChI is InChI=1S/C10H15NO2/c1-2-11-9(13)7-3-10(4-7)5-8(12)6-10/h7H,2-6H2,1H3,(H,11,13). The van der Waals surface area contributed by atoms with E-state index in [1.165, 1.54) is 0 Å². The van der Waals surface area contributed by atoms with E-state index in [2.05, 4.69) is 5.32 Å². The molecule has 0 aromatic heterocycles. The maximum atomic E-state index is 11.3. The third kappa shape index (κ3) is 1.36. The molecule has 1 N–H and O–H groups in total. The van der Waals surface area contributed by atoms with Crippen LogP contribution in [0.5, 0.6) is 0 Å². The van der Waals surface area contributed by atoms with Gasteiger partial charge in [0, 0.05) is 25.3 Å². The summed E-state index contributed by atoms with van der Waals surface area (Å²) in [6, 6.07) is 0. The van der Waals surface area contributed by atoms with E-state index in [0.29, 0.717) is 12.3 Å². The summed E-state index contributed by atoms with van der Waals surface area (Å²) in [6.07, 6.45) is 3.32. The minimum atomic E-state index is 0.174. The maximum absolute atomic E-state index is 11.3. The molecule has 3 heteroatoms. The third-order valence-electron chi connectivity index (χ3n) is 3.22. The molecule has 0 radical (unpaired) electrons. The molecule has 0 unspecified atom stereocenters. The Bertz CT molecular complexity index is 244. The molecule has 0 heterocycles. The summed E-state index contributed by atoms with van der Waals surface area (Å²) in [5, 5.41) is 2.82. The van der Waals surface area contributed by atoms with Gasteiger partial charge in [0.15, 0.2) is 0 Å². The Hall–Kier alpha value is -0.860. The quantitative estimate of drug-likeness (QED) is 0.687. The average Bonchev–Trinajstić information content (AvgIpc) is 1.94. The van der Waals surface area contributed by atoms with E-state index in [1.54, 1.807) is 0 Å². The summed E-state index contributed by atoms with van der Waals surface area (Å²) in [5.74, 6) is 0.731. The van der Waals surface area contributed by atoms with Gasteiger partial charge in [-0.2, -0.15) is 0 Å². The first-order valence-corrected chi connectivity index (χ1v) is 4.95. The highest BCUT2D eigenvalue weighted by molar-refractivity contribution is 5.88. The number of carbonyl (C=O) groups excluding carboxylic acids is 2. The molecular formula is C10H15NO2. The number of carbonyl (C=O) groups is 2. The van der Waals surface area contributed by atoms with Crippen LogP contribution in [0.4, 0.5) is 0 Å². The summed E-state index contributed by atoms with van der Waals surface area (Å²) < 4.78 is 0. The molecule has 0 saturated heterocycles. The lowest BCUT2D eigenvalue weighted by atomic mass is 9.51. The number of amides is 1. The molecule has 0 atom stereocenters. The van der Waals surface area contributed by atoms with Crippen molar-refractivity contribution in [3.05, 3.63) is 0 Å². The zero-order valence-electron chi connectivity index (χ0n) is 7.93. The van der Waals surface area contributed by atoms with Crippen LogP contribution in [-0.4, -0.2) is 18.2 Å². The van der Waals surface area contributed by atoms with Crippen LogP contribution in [0.15, 0.2) is 0 Å². The van der Waals surface area contributed by atoms with Crippen LogP contribution in [0.3, 0.4) is 0 Å². The molecule has 3 nitrogen and oxygen atoms in total. The Labute approximate surface area is 77.9 Å². The van der Waals surface area contributed by atoms with Crippen molar-refractivity contribution in [3.63, 3.8) is 0 Å². The molecule has 1 amide bonds. The van der Waals surface area contributed by atoms with E-state index in [1.807, 2.05) is 6.92 Å². The first-order valence-electron chi connectivity index (χ1n) is 4.95. The summed E-state index contributed by atoms with van der Waals surface area (Å²) in [6.45, 7) is 2.64. The molecule has 0 aliphatic heterocycles. The van der Waals surface area contributed by atoms with E-state index in [-0.39, 0.29) is 17.2 Å². The van der Waals surface area contributed by atoms with Crippen LogP contribution < -0.4 is 5.32 Å². The van der Waals surface area contributed by atoms with Gasteiger partial charge in [-0.15, -0.1) is 0 Å². The van der Waals surface area contributed by atoms with E-state index in [0.717, 1.165) is 25.7 Å². The third-order valence-corrected chi connectivity index (χ3v) is 3.22. The van der Waals surface area contributed by atoms with Crippen molar-refractivity contribution >= 4 is 11.7 Å². The second-order valence-corrected chi connectivity index (χ2v) is 4.39. The van der Waals surface area contributed by atoms with E-state index in [9.17, 15) is 9.59 Å². The lowest BCUT2D eigenvalue weighted by Gasteiger charge is -2.52. The molecule has 0 aromatic carbocycles. The van der Waals surface area contributed by atoms with E-state index < -0.39 is 0 Å². The normalized spacial score (nSPS) is 25.2. The topological polar surface area (TPSA) is 46.2 Å². The van der Waals surface area contributed by atoms with Crippen LogP contribution in [0.25, 0.3) is 0 Å². The van der Waals surface area contributed by atoms with Gasteiger partial charge < -0.3 is 5.32 Å². The Morgan fingerprint density at radius 2 is 2.15 bits per heavy atom. The molecule has 72 valence electrons. The molecule has 2 fully saturated rings. The van der Waals surface area contributed by atoms with Gasteiger partial charge in [0.1, 0.15) is 5.78 Å². The number of hydrogen-bond donors (Lipinski definition) is 1. The SMILES string of the molecule is CCNC(=O)C1CC2(CC(=O)C2)C1. The molecule has 0 aromatic rings. The summed E-state index contributed by atoms with van der Waals surface area (Å²) in [7, 11) is 0. The fourth-order valence-corrected chi connectivity index (χ4v) is 2.56. The zero-order chi connectivity index (χ0) is 9.47. The first-order chi connectivity index (χ1) is 6.15. The molecule has 13 heavy (non-hydrogen) atoms. The molecule has 0 bridgehead atoms. The van der Waals surface area contributed by atoms with Crippen LogP contribution in [0.2, 0.25) is 0 Å². The second-order valence-electron chi connectivity index (χ2n) is 4.39. The van der Waals surface area contributed by atoms with Crippen molar-refractivity contribution in [3.8, 4) is 0 Å². The van der Waals surface area contributed by atoms with Gasteiger partial charge in [-0.1, -0.05) is 0 Å². The highest BCUT2D eigenvalue weighted by atomic mass is 16.2. The van der Waals surface area contributed by atoms with Gasteiger partial charge in [0.05, 0.1) is 0 Å². The van der Waals surface area contributed by atoms with Gasteiger partial charge in [-0.3, -0.25) is 9.59 Å². The van der Waals surface area contributed by atoms with E-state index >= 15 is 0 Å². The smallest absolute Gasteiger partial charge is 0.223 e. The Morgan fingerprint density at radius 3 is 2.62 bits per heavy atom. The molecule has 2 rings (SSSR count). The Kier molecular flexibility index (Phi) is 1.90. The molecule has 2 aliphatic rings. The highest BCUT2D eigenvalue weighted by Gasteiger charge is 2.54. The van der Waals surface area contributed by atoms with Crippen molar-refractivity contribution in [1.82, 2.24) is 5.32 Å². The van der Waals surface area contributed by atoms with E-state index in [4.69, 9.17) is 0 Å². The summed E-state index contributed by atoms with van der Waals surface area (Å²) >= 11 is 0. The van der Waals surface area contributed by atoms with Crippen LogP contribution in [-0.2, 0) is 9.59 Å². The fraction of sp³-hybridized carbons (Fsp3) is 0.800. The Morgan fingerprint density at radius 1 is 1.54 bits per heavy atom. The lowest BCUT2D eigenvalue weighted by molar-refractivity contribution is -0.150. The minimum Gasteiger partial charge on any atom is -0.356 e. The predicted molar refractivity (Wildman–Crippen MR) is 48.1 cm³/mol. The van der Waals surface area contributed by atoms with Gasteiger partial charge in [0.25, 0.3) is 0 Å². The van der Waals surface area contributed by atoms with Crippen LogP contribution in [0, 0.1) is 11.3 Å². The summed E-state index contributed by atoms with van der Waals surface area (Å²) in [5.41, 5.74) is 0.257. The number of rotatable bonds is 2. The van der Waals surface area contributed by atoms with Crippen molar-refractivity contribution in [1.29, 1.82) is 0 Å². The van der Waals surface area contributed by atoms with Gasteiger partial charge >= 0.3 is 0 Å². The fourth-order valence-electron chi connectivity index (χ4n) is 2.56. The first kappa shape index (κ1) is 8.73. The summed E-state index contributed by atoms with van der Waals surface area (Å²) in [4.78, 5) is 22.1. The van der Waals surface area contributed by atoms with Gasteiger partial charge in [-0.05, 0) is 25.2 Å². The number of hydrogen-bond acceptors (Lipinski definition) is 2. The molecular weight excluding hydrogens is 166 g/mol. The minimum absolute atomic E-state index is 0.174. The molecule has 2 aliphatic carbocycles. The average molecular weight is 181 g/mol. The molecule has 1 spiro atoms. The van der Waals surface area contributed by atoms with Crippen LogP contribution in [0.1, 0.15) is 32.6 Å². The van der Waals surface area contributed by atoms with Crippen molar-refractivity contribution in [2.45, 2.75) is 32.6 Å². The maximum Gasteiger partial charge on any atom is 0.223 e. The monoisotopic (exact) mass is 181 g/mol. The lowest BCUT2D eigenvalue weighted by Crippen LogP contribution is -2.52. The van der Waals surface area contributed by atoms with Crippen molar-refractivity contribution in [2.24, 2.45) is 11.3 Å². The van der Waals surface area contributed by atoms with Gasteiger partial charge in [-0.25, -0.2) is 0 Å². The second kappa shape index (κ2) is 2.82. The number of ketones is 1. The predicted octanol–water partition coefficient (Wildman–Crippen LogP) is 0.882. The largest absolute Gasteiger partial charge is 0.356 e. The number of nitrogens with one attached hydrogen (secondary N) is 1. The molecule has 2 saturated carbocycles. The number of Topliss-reactive ketones (excluding diaryl/α,β-unsaturated/α-hetero) is 1. The Balaban J connectivity index is 1.78.